The molecule has 0 bridgehead atoms. The second-order valence-corrected chi connectivity index (χ2v) is 8.36. The summed E-state index contributed by atoms with van der Waals surface area (Å²) in [5, 5.41) is 5.92. The molecule has 0 radical (unpaired) electrons. The van der Waals surface area contributed by atoms with Gasteiger partial charge in [-0.25, -0.2) is 0 Å². The predicted octanol–water partition coefficient (Wildman–Crippen LogP) is 4.24. The van der Waals surface area contributed by atoms with Gasteiger partial charge in [0, 0.05) is 43.7 Å². The summed E-state index contributed by atoms with van der Waals surface area (Å²) in [5.41, 5.74) is 3.08. The van der Waals surface area contributed by atoms with E-state index in [1.165, 1.54) is 12.5 Å². The first-order valence-electron chi connectivity index (χ1n) is 11.5. The number of amides is 2. The molecule has 0 saturated carbocycles. The number of carbonyl (C=O) groups is 2. The van der Waals surface area contributed by atoms with Gasteiger partial charge in [0.1, 0.15) is 0 Å². The van der Waals surface area contributed by atoms with Crippen molar-refractivity contribution in [3.05, 3.63) is 65.7 Å². The molecule has 2 aliphatic heterocycles. The molecule has 0 aliphatic carbocycles. The van der Waals surface area contributed by atoms with Crippen LogP contribution in [-0.4, -0.2) is 44.2 Å². The van der Waals surface area contributed by atoms with Crippen molar-refractivity contribution in [2.75, 3.05) is 36.5 Å². The molecule has 2 amide bonds. The fourth-order valence-corrected chi connectivity index (χ4v) is 4.23. The van der Waals surface area contributed by atoms with Gasteiger partial charge in [-0.05, 0) is 61.9 Å². The van der Waals surface area contributed by atoms with E-state index in [1.54, 1.807) is 12.1 Å². The van der Waals surface area contributed by atoms with Gasteiger partial charge < -0.3 is 20.3 Å². The van der Waals surface area contributed by atoms with Gasteiger partial charge >= 0.3 is 0 Å². The largest absolute Gasteiger partial charge is 0.376 e. The molecule has 2 saturated heterocycles. The normalized spacial score (nSPS) is 18.6. The first-order valence-corrected chi connectivity index (χ1v) is 11.5. The number of hydrogen-bond donors (Lipinski definition) is 2. The lowest BCUT2D eigenvalue weighted by molar-refractivity contribution is -0.111. The SMILES string of the molecule is O=C(/C=C/c1ccccc1)Nc1ccc(N2CCCCC2)c(C(=O)NCC2CCCO2)c1. The van der Waals surface area contributed by atoms with Crippen molar-refractivity contribution in [2.45, 2.75) is 38.2 Å². The molecule has 4 rings (SSSR count). The van der Waals surface area contributed by atoms with Crippen molar-refractivity contribution in [1.29, 1.82) is 0 Å². The second-order valence-electron chi connectivity index (χ2n) is 8.36. The van der Waals surface area contributed by atoms with Crippen LogP contribution in [0.3, 0.4) is 0 Å². The molecule has 2 N–H and O–H groups in total. The van der Waals surface area contributed by atoms with Crippen molar-refractivity contribution in [2.24, 2.45) is 0 Å². The number of benzene rings is 2. The van der Waals surface area contributed by atoms with Crippen molar-refractivity contribution >= 4 is 29.3 Å². The van der Waals surface area contributed by atoms with Crippen LogP contribution in [0.25, 0.3) is 6.08 Å². The summed E-state index contributed by atoms with van der Waals surface area (Å²) in [6, 6.07) is 15.3. The maximum atomic E-state index is 13.1. The monoisotopic (exact) mass is 433 g/mol. The Labute approximate surface area is 189 Å². The van der Waals surface area contributed by atoms with Crippen LogP contribution in [0.15, 0.2) is 54.6 Å². The molecule has 6 nitrogen and oxygen atoms in total. The lowest BCUT2D eigenvalue weighted by Gasteiger charge is -2.30. The summed E-state index contributed by atoms with van der Waals surface area (Å²) >= 11 is 0. The molecule has 32 heavy (non-hydrogen) atoms. The number of hydrogen-bond acceptors (Lipinski definition) is 4. The van der Waals surface area contributed by atoms with Crippen LogP contribution in [0.1, 0.15) is 48.0 Å². The molecule has 0 aromatic heterocycles. The average Bonchev–Trinajstić information content (AvgIpc) is 3.36. The van der Waals surface area contributed by atoms with E-state index in [2.05, 4.69) is 15.5 Å². The Hall–Kier alpha value is -3.12. The summed E-state index contributed by atoms with van der Waals surface area (Å²) in [6.07, 6.45) is 8.85. The minimum atomic E-state index is -0.231. The van der Waals surface area contributed by atoms with Gasteiger partial charge in [0.05, 0.1) is 11.7 Å². The molecular weight excluding hydrogens is 402 g/mol. The highest BCUT2D eigenvalue weighted by Crippen LogP contribution is 2.27. The van der Waals surface area contributed by atoms with E-state index < -0.39 is 0 Å². The van der Waals surface area contributed by atoms with E-state index in [-0.39, 0.29) is 17.9 Å². The minimum Gasteiger partial charge on any atom is -0.376 e. The highest BCUT2D eigenvalue weighted by molar-refractivity contribution is 6.05. The number of piperidine rings is 1. The van der Waals surface area contributed by atoms with E-state index in [4.69, 9.17) is 4.74 Å². The topological polar surface area (TPSA) is 70.7 Å². The van der Waals surface area contributed by atoms with Crippen LogP contribution in [-0.2, 0) is 9.53 Å². The van der Waals surface area contributed by atoms with E-state index in [9.17, 15) is 9.59 Å². The number of rotatable bonds is 7. The molecule has 2 aromatic carbocycles. The summed E-state index contributed by atoms with van der Waals surface area (Å²) in [7, 11) is 0. The van der Waals surface area contributed by atoms with Crippen molar-refractivity contribution < 1.29 is 14.3 Å². The number of nitrogens with zero attached hydrogens (tertiary/aromatic N) is 1. The van der Waals surface area contributed by atoms with Crippen LogP contribution in [0.4, 0.5) is 11.4 Å². The number of nitrogens with one attached hydrogen (secondary N) is 2. The zero-order valence-corrected chi connectivity index (χ0v) is 18.4. The second kappa shape index (κ2) is 11.0. The maximum absolute atomic E-state index is 13.1. The highest BCUT2D eigenvalue weighted by Gasteiger charge is 2.21. The van der Waals surface area contributed by atoms with E-state index >= 15 is 0 Å². The minimum absolute atomic E-state index is 0.0865. The number of ether oxygens (including phenoxy) is 1. The highest BCUT2D eigenvalue weighted by atomic mass is 16.5. The zero-order valence-electron chi connectivity index (χ0n) is 18.4. The summed E-state index contributed by atoms with van der Waals surface area (Å²) in [5.74, 6) is -0.359. The van der Waals surface area contributed by atoms with Gasteiger partial charge in [-0.3, -0.25) is 9.59 Å². The molecule has 2 aliphatic rings. The third-order valence-electron chi connectivity index (χ3n) is 5.95. The van der Waals surface area contributed by atoms with Crippen molar-refractivity contribution in [3.63, 3.8) is 0 Å². The number of carbonyl (C=O) groups excluding carboxylic acids is 2. The lowest BCUT2D eigenvalue weighted by Crippen LogP contribution is -2.35. The zero-order chi connectivity index (χ0) is 22.2. The molecule has 1 unspecified atom stereocenters. The number of anilines is 2. The Morgan fingerprint density at radius 3 is 2.59 bits per heavy atom. The van der Waals surface area contributed by atoms with Gasteiger partial charge in [-0.1, -0.05) is 30.3 Å². The Balaban J connectivity index is 1.48. The average molecular weight is 434 g/mol. The molecule has 1 atom stereocenters. The maximum Gasteiger partial charge on any atom is 0.253 e. The van der Waals surface area contributed by atoms with Crippen LogP contribution >= 0.6 is 0 Å². The van der Waals surface area contributed by atoms with Gasteiger partial charge in [0.2, 0.25) is 5.91 Å². The fourth-order valence-electron chi connectivity index (χ4n) is 4.23. The Morgan fingerprint density at radius 2 is 1.84 bits per heavy atom. The van der Waals surface area contributed by atoms with E-state index in [0.717, 1.165) is 56.6 Å². The molecule has 2 fully saturated rings. The van der Waals surface area contributed by atoms with E-state index in [0.29, 0.717) is 17.8 Å². The summed E-state index contributed by atoms with van der Waals surface area (Å²) < 4.78 is 5.64. The Bertz CT molecular complexity index is 946. The molecule has 6 heteroatoms. The smallest absolute Gasteiger partial charge is 0.253 e. The van der Waals surface area contributed by atoms with Crippen LogP contribution in [0.2, 0.25) is 0 Å². The summed E-state index contributed by atoms with van der Waals surface area (Å²) in [6.45, 7) is 3.15. The first kappa shape index (κ1) is 22.1. The van der Waals surface area contributed by atoms with Gasteiger partial charge in [-0.2, -0.15) is 0 Å². The first-order chi connectivity index (χ1) is 15.7. The molecular formula is C26H31N3O3. The van der Waals surface area contributed by atoms with Gasteiger partial charge in [0.15, 0.2) is 0 Å². The van der Waals surface area contributed by atoms with Crippen LogP contribution in [0.5, 0.6) is 0 Å². The van der Waals surface area contributed by atoms with Gasteiger partial charge in [0.25, 0.3) is 5.91 Å². The molecule has 168 valence electrons. The van der Waals surface area contributed by atoms with Crippen molar-refractivity contribution in [1.82, 2.24) is 5.32 Å². The predicted molar refractivity (Wildman–Crippen MR) is 128 cm³/mol. The van der Waals surface area contributed by atoms with Crippen LogP contribution in [0, 0.1) is 0 Å². The Kier molecular flexibility index (Phi) is 7.56. The van der Waals surface area contributed by atoms with Gasteiger partial charge in [-0.15, -0.1) is 0 Å². The molecule has 0 spiro atoms. The fraction of sp³-hybridized carbons (Fsp3) is 0.385. The molecule has 2 aromatic rings. The van der Waals surface area contributed by atoms with E-state index in [1.807, 2.05) is 42.5 Å². The standard InChI is InChI=1S/C26H31N3O3/c30-25(14-11-20-8-3-1-4-9-20)28-21-12-13-24(29-15-5-2-6-16-29)23(18-21)26(31)27-19-22-10-7-17-32-22/h1,3-4,8-9,11-14,18,22H,2,5-7,10,15-17,19H2,(H,27,31)(H,28,30)/b14-11+. The lowest BCUT2D eigenvalue weighted by atomic mass is 10.1. The van der Waals surface area contributed by atoms with Crippen molar-refractivity contribution in [3.8, 4) is 0 Å². The quantitative estimate of drug-likeness (QED) is 0.641. The third-order valence-corrected chi connectivity index (χ3v) is 5.95. The summed E-state index contributed by atoms with van der Waals surface area (Å²) in [4.78, 5) is 27.8. The van der Waals surface area contributed by atoms with Crippen LogP contribution < -0.4 is 15.5 Å². The third kappa shape index (κ3) is 5.98. The Morgan fingerprint density at radius 1 is 1.03 bits per heavy atom. The molecule has 2 heterocycles.